The number of nitrogens with zero attached hydrogens (tertiary/aromatic N) is 1. The molecule has 0 unspecified atom stereocenters. The van der Waals surface area contributed by atoms with Crippen LogP contribution in [-0.4, -0.2) is 44.2 Å². The molecule has 0 aliphatic heterocycles. The van der Waals surface area contributed by atoms with Crippen LogP contribution >= 0.6 is 11.3 Å². The second-order valence-electron chi connectivity index (χ2n) is 6.80. The molecule has 0 atom stereocenters. The summed E-state index contributed by atoms with van der Waals surface area (Å²) in [5.74, 6) is 1.54. The molecule has 1 heterocycles. The van der Waals surface area contributed by atoms with E-state index >= 15 is 0 Å². The number of thiophene rings is 1. The first-order valence-corrected chi connectivity index (χ1v) is 10.0. The van der Waals surface area contributed by atoms with E-state index in [1.807, 2.05) is 36.9 Å². The summed E-state index contributed by atoms with van der Waals surface area (Å²) in [7, 11) is 3.26. The molecule has 0 fully saturated rings. The van der Waals surface area contributed by atoms with Crippen molar-refractivity contribution in [1.29, 1.82) is 0 Å². The van der Waals surface area contributed by atoms with E-state index in [1.165, 1.54) is 9.75 Å². The van der Waals surface area contributed by atoms with Crippen LogP contribution in [0.3, 0.4) is 0 Å². The first-order chi connectivity index (χ1) is 12.9. The Morgan fingerprint density at radius 2 is 1.89 bits per heavy atom. The lowest BCUT2D eigenvalue weighted by Gasteiger charge is -2.23. The lowest BCUT2D eigenvalue weighted by Crippen LogP contribution is -2.40. The van der Waals surface area contributed by atoms with Crippen LogP contribution in [0.4, 0.5) is 0 Å². The van der Waals surface area contributed by atoms with E-state index in [1.54, 1.807) is 25.6 Å². The van der Waals surface area contributed by atoms with Crippen LogP contribution in [0.15, 0.2) is 30.3 Å². The Labute approximate surface area is 166 Å². The molecule has 0 bridgehead atoms. The zero-order valence-electron chi connectivity index (χ0n) is 16.9. The number of amides is 1. The average molecular weight is 391 g/mol. The van der Waals surface area contributed by atoms with Gasteiger partial charge in [-0.05, 0) is 43.2 Å². The summed E-state index contributed by atoms with van der Waals surface area (Å²) in [5.41, 5.74) is 1.12. The molecule has 0 radical (unpaired) electrons. The minimum Gasteiger partial charge on any atom is -0.493 e. The van der Waals surface area contributed by atoms with Gasteiger partial charge in [-0.15, -0.1) is 11.3 Å². The number of methoxy groups -OCH3 is 2. The third-order valence-corrected chi connectivity index (χ3v) is 5.26. The molecule has 0 aliphatic carbocycles. The molecule has 0 spiro atoms. The topological polar surface area (TPSA) is 50.8 Å². The highest BCUT2D eigenvalue weighted by Crippen LogP contribution is 2.28. The number of benzene rings is 1. The van der Waals surface area contributed by atoms with Crippen molar-refractivity contribution in [3.8, 4) is 11.5 Å². The average Bonchev–Trinajstić information content (AvgIpc) is 3.07. The summed E-state index contributed by atoms with van der Waals surface area (Å²) in [6.45, 7) is 7.83. The molecule has 2 rings (SSSR count). The van der Waals surface area contributed by atoms with Crippen molar-refractivity contribution in [2.45, 2.75) is 39.8 Å². The maximum absolute atomic E-state index is 12.7. The number of nitrogens with one attached hydrogen (secondary N) is 1. The highest BCUT2D eigenvalue weighted by atomic mass is 32.1. The fraction of sp³-hybridized carbons (Fsp3) is 0.476. The van der Waals surface area contributed by atoms with E-state index < -0.39 is 0 Å². The van der Waals surface area contributed by atoms with Crippen LogP contribution in [0.5, 0.6) is 11.5 Å². The zero-order valence-corrected chi connectivity index (χ0v) is 17.7. The molecule has 2 aromatic rings. The van der Waals surface area contributed by atoms with Gasteiger partial charge in [-0.25, -0.2) is 0 Å². The van der Waals surface area contributed by atoms with Crippen LogP contribution in [0, 0.1) is 6.92 Å². The van der Waals surface area contributed by atoms with Gasteiger partial charge in [-0.2, -0.15) is 0 Å². The molecule has 6 heteroatoms. The van der Waals surface area contributed by atoms with Crippen molar-refractivity contribution in [2.24, 2.45) is 0 Å². The third-order valence-electron chi connectivity index (χ3n) is 4.28. The van der Waals surface area contributed by atoms with E-state index in [0.717, 1.165) is 12.0 Å². The Hall–Kier alpha value is -2.05. The lowest BCUT2D eigenvalue weighted by atomic mass is 10.1. The Kier molecular flexibility index (Phi) is 8.13. The molecule has 0 saturated heterocycles. The Morgan fingerprint density at radius 1 is 1.15 bits per heavy atom. The van der Waals surface area contributed by atoms with Gasteiger partial charge in [0.25, 0.3) is 0 Å². The molecule has 5 nitrogen and oxygen atoms in total. The maximum atomic E-state index is 12.7. The Balaban J connectivity index is 2.07. The molecule has 1 aromatic carbocycles. The summed E-state index contributed by atoms with van der Waals surface area (Å²) in [4.78, 5) is 17.1. The second kappa shape index (κ2) is 10.3. The number of hydrogen-bond donors (Lipinski definition) is 1. The van der Waals surface area contributed by atoms with Gasteiger partial charge >= 0.3 is 0 Å². The van der Waals surface area contributed by atoms with Crippen molar-refractivity contribution in [1.82, 2.24) is 10.2 Å². The van der Waals surface area contributed by atoms with Crippen molar-refractivity contribution in [3.05, 3.63) is 45.6 Å². The van der Waals surface area contributed by atoms with Gasteiger partial charge in [0, 0.05) is 22.3 Å². The summed E-state index contributed by atoms with van der Waals surface area (Å²) >= 11 is 1.74. The molecular weight excluding hydrogens is 360 g/mol. The first-order valence-electron chi connectivity index (χ1n) is 9.20. The van der Waals surface area contributed by atoms with E-state index in [4.69, 9.17) is 9.47 Å². The zero-order chi connectivity index (χ0) is 19.8. The molecule has 27 heavy (non-hydrogen) atoms. The fourth-order valence-electron chi connectivity index (χ4n) is 2.75. The van der Waals surface area contributed by atoms with Gasteiger partial charge < -0.3 is 19.7 Å². The number of aryl methyl sites for hydroxylation is 1. The molecule has 1 N–H and O–H groups in total. The first kappa shape index (κ1) is 21.3. The quantitative estimate of drug-likeness (QED) is 0.673. The van der Waals surface area contributed by atoms with Gasteiger partial charge in [-0.1, -0.05) is 19.9 Å². The van der Waals surface area contributed by atoms with Gasteiger partial charge in [0.15, 0.2) is 11.5 Å². The predicted octanol–water partition coefficient (Wildman–Crippen LogP) is 3.64. The normalized spacial score (nSPS) is 10.9. The monoisotopic (exact) mass is 390 g/mol. The highest BCUT2D eigenvalue weighted by molar-refractivity contribution is 7.11. The van der Waals surface area contributed by atoms with Crippen LogP contribution < -0.4 is 14.8 Å². The minimum atomic E-state index is 0.121. The highest BCUT2D eigenvalue weighted by Gasteiger charge is 2.16. The smallest absolute Gasteiger partial charge is 0.236 e. The Bertz CT molecular complexity index is 743. The van der Waals surface area contributed by atoms with Crippen molar-refractivity contribution in [2.75, 3.05) is 27.3 Å². The second-order valence-corrected chi connectivity index (χ2v) is 8.18. The largest absolute Gasteiger partial charge is 0.493 e. The summed E-state index contributed by atoms with van der Waals surface area (Å²) in [5, 5.41) is 3.22. The lowest BCUT2D eigenvalue weighted by molar-refractivity contribution is -0.130. The van der Waals surface area contributed by atoms with Crippen LogP contribution in [0.2, 0.25) is 0 Å². The SMILES string of the molecule is COc1ccc(CCN(Cc2ccc(C)s2)C(=O)CNC(C)C)cc1OC. The molecule has 0 aliphatic rings. The molecular formula is C21H30N2O3S. The van der Waals surface area contributed by atoms with Gasteiger partial charge in [0.05, 0.1) is 27.3 Å². The van der Waals surface area contributed by atoms with Crippen LogP contribution in [-0.2, 0) is 17.8 Å². The number of ether oxygens (including phenoxy) is 2. The van der Waals surface area contributed by atoms with Crippen molar-refractivity contribution >= 4 is 17.2 Å². The van der Waals surface area contributed by atoms with Gasteiger partial charge in [0.2, 0.25) is 5.91 Å². The Morgan fingerprint density at radius 3 is 2.48 bits per heavy atom. The van der Waals surface area contributed by atoms with Crippen LogP contribution in [0.1, 0.15) is 29.2 Å². The van der Waals surface area contributed by atoms with Crippen LogP contribution in [0.25, 0.3) is 0 Å². The van der Waals surface area contributed by atoms with Gasteiger partial charge in [-0.3, -0.25) is 4.79 Å². The fourth-order valence-corrected chi connectivity index (χ4v) is 3.66. The van der Waals surface area contributed by atoms with Gasteiger partial charge in [0.1, 0.15) is 0 Å². The van der Waals surface area contributed by atoms with E-state index in [-0.39, 0.29) is 11.9 Å². The van der Waals surface area contributed by atoms with Crippen molar-refractivity contribution in [3.63, 3.8) is 0 Å². The summed E-state index contributed by atoms with van der Waals surface area (Å²) in [6, 6.07) is 10.4. The molecule has 1 amide bonds. The number of hydrogen-bond acceptors (Lipinski definition) is 5. The number of carbonyl (C=O) groups excluding carboxylic acids is 1. The molecule has 1 aromatic heterocycles. The maximum Gasteiger partial charge on any atom is 0.236 e. The molecule has 0 saturated carbocycles. The predicted molar refractivity (Wildman–Crippen MR) is 111 cm³/mol. The van der Waals surface area contributed by atoms with Crippen molar-refractivity contribution < 1.29 is 14.3 Å². The van der Waals surface area contributed by atoms with E-state index in [9.17, 15) is 4.79 Å². The summed E-state index contributed by atoms with van der Waals surface area (Å²) in [6.07, 6.45) is 0.762. The third kappa shape index (κ3) is 6.56. The number of rotatable bonds is 10. The molecule has 148 valence electrons. The standard InChI is InChI=1S/C21H30N2O3S/c1-15(2)22-13-21(24)23(14-18-8-6-16(3)27-18)11-10-17-7-9-19(25-4)20(12-17)26-5/h6-9,12,15,22H,10-11,13-14H2,1-5H3. The van der Waals surface area contributed by atoms with E-state index in [2.05, 4.69) is 24.4 Å². The van der Waals surface area contributed by atoms with E-state index in [0.29, 0.717) is 31.1 Å². The minimum absolute atomic E-state index is 0.121. The summed E-state index contributed by atoms with van der Waals surface area (Å²) < 4.78 is 10.7. The number of carbonyl (C=O) groups is 1.